The molecule has 0 amide bonds. The van der Waals surface area contributed by atoms with Crippen LogP contribution < -0.4 is 15.9 Å². The first-order chi connectivity index (χ1) is 14.8. The van der Waals surface area contributed by atoms with Gasteiger partial charge in [-0.2, -0.15) is 0 Å². The molecule has 3 rings (SSSR count). The summed E-state index contributed by atoms with van der Waals surface area (Å²) in [7, 11) is -1.90. The molecule has 0 aliphatic rings. The average Bonchev–Trinajstić information content (AvgIpc) is 2.78. The highest BCUT2D eigenvalue weighted by molar-refractivity contribution is 7.95. The number of carbonyl (C=O) groups is 1. The number of esters is 1. The van der Waals surface area contributed by atoms with Crippen molar-refractivity contribution >= 4 is 29.1 Å². The van der Waals surface area contributed by atoms with Crippen LogP contribution >= 0.6 is 7.26 Å². The third-order valence-corrected chi connectivity index (χ3v) is 9.74. The Labute approximate surface area is 183 Å². The fourth-order valence-electron chi connectivity index (χ4n) is 3.61. The maximum Gasteiger partial charge on any atom is 0.311 e. The normalized spacial score (nSPS) is 13.4. The summed E-state index contributed by atoms with van der Waals surface area (Å²) in [5.41, 5.74) is -0.589. The van der Waals surface area contributed by atoms with Gasteiger partial charge in [0, 0.05) is 0 Å². The summed E-state index contributed by atoms with van der Waals surface area (Å²) in [6.45, 7) is 4.62. The molecule has 2 nitrogen and oxygen atoms in total. The third kappa shape index (κ3) is 5.18. The van der Waals surface area contributed by atoms with E-state index in [1.54, 1.807) is 0 Å². The van der Waals surface area contributed by atoms with Crippen LogP contribution in [-0.4, -0.2) is 18.7 Å². The fourth-order valence-corrected chi connectivity index (χ4v) is 7.97. The molecule has 0 aliphatic carbocycles. The Bertz CT molecular complexity index is 856. The van der Waals surface area contributed by atoms with E-state index in [1.807, 2.05) is 20.8 Å². The second-order valence-electron chi connectivity index (χ2n) is 8.50. The summed E-state index contributed by atoms with van der Waals surface area (Å²) in [5, 5.41) is 4.00. The largest absolute Gasteiger partial charge is 0.465 e. The molecule has 1 atom stereocenters. The van der Waals surface area contributed by atoms with E-state index in [0.717, 1.165) is 12.6 Å². The standard InChI is InChI=1S/C27H32O2P/c1-27(2,3)26(28)29-21-13-14-22-30(23-15-7-4-8-16-23,24-17-9-5-10-18-24)25-19-11-6-12-20-25/h4-12,15-20H,13-14,21-22H2,1-3H3/q+1/i21D. The zero-order valence-electron chi connectivity index (χ0n) is 19.1. The van der Waals surface area contributed by atoms with E-state index in [-0.39, 0.29) is 5.97 Å². The summed E-state index contributed by atoms with van der Waals surface area (Å²) in [5.74, 6) is -0.317. The van der Waals surface area contributed by atoms with E-state index in [9.17, 15) is 4.79 Å². The van der Waals surface area contributed by atoms with Gasteiger partial charge in [0.1, 0.15) is 23.2 Å². The van der Waals surface area contributed by atoms with Crippen molar-refractivity contribution in [2.75, 3.05) is 12.7 Å². The Morgan fingerprint density at radius 3 is 1.53 bits per heavy atom. The highest BCUT2D eigenvalue weighted by Crippen LogP contribution is 2.55. The van der Waals surface area contributed by atoms with Gasteiger partial charge >= 0.3 is 5.97 Å². The van der Waals surface area contributed by atoms with Gasteiger partial charge < -0.3 is 4.74 Å². The van der Waals surface area contributed by atoms with Gasteiger partial charge in [-0.15, -0.1) is 0 Å². The molecule has 3 heteroatoms. The van der Waals surface area contributed by atoms with Crippen LogP contribution in [0.2, 0.25) is 0 Å². The first-order valence-corrected chi connectivity index (χ1v) is 12.5. The topological polar surface area (TPSA) is 26.3 Å². The SMILES string of the molecule is [2H]C(CCC[P+](c1ccccc1)(c1ccccc1)c1ccccc1)OC(=O)C(C)(C)C. The highest BCUT2D eigenvalue weighted by Gasteiger charge is 2.44. The minimum Gasteiger partial charge on any atom is -0.465 e. The lowest BCUT2D eigenvalue weighted by molar-refractivity contribution is -0.153. The lowest BCUT2D eigenvalue weighted by atomic mass is 9.97. The van der Waals surface area contributed by atoms with E-state index in [0.29, 0.717) is 6.42 Å². The van der Waals surface area contributed by atoms with Gasteiger partial charge in [-0.1, -0.05) is 54.6 Å². The first kappa shape index (κ1) is 20.8. The van der Waals surface area contributed by atoms with Gasteiger partial charge in [0.25, 0.3) is 0 Å². The highest BCUT2D eigenvalue weighted by atomic mass is 31.2. The van der Waals surface area contributed by atoms with Crippen molar-refractivity contribution in [3.8, 4) is 0 Å². The van der Waals surface area contributed by atoms with Crippen LogP contribution in [0, 0.1) is 5.41 Å². The zero-order chi connectivity index (χ0) is 22.3. The quantitative estimate of drug-likeness (QED) is 0.363. The van der Waals surface area contributed by atoms with Crippen molar-refractivity contribution < 1.29 is 10.9 Å². The summed E-state index contributed by atoms with van der Waals surface area (Å²) in [6.07, 6.45) is 2.25. The number of hydrogen-bond acceptors (Lipinski definition) is 2. The Kier molecular flexibility index (Phi) is 6.97. The van der Waals surface area contributed by atoms with E-state index < -0.39 is 19.3 Å². The molecule has 0 fully saturated rings. The summed E-state index contributed by atoms with van der Waals surface area (Å²) >= 11 is 0. The predicted molar refractivity (Wildman–Crippen MR) is 130 cm³/mol. The maximum absolute atomic E-state index is 12.2. The van der Waals surface area contributed by atoms with Crippen LogP contribution in [-0.2, 0) is 9.53 Å². The molecule has 0 saturated heterocycles. The summed E-state index contributed by atoms with van der Waals surface area (Å²) in [4.78, 5) is 12.2. The molecule has 0 aliphatic heterocycles. The van der Waals surface area contributed by atoms with Gasteiger partial charge in [-0.25, -0.2) is 0 Å². The van der Waals surface area contributed by atoms with Crippen LogP contribution in [0.15, 0.2) is 91.0 Å². The van der Waals surface area contributed by atoms with Crippen molar-refractivity contribution in [2.24, 2.45) is 5.41 Å². The Morgan fingerprint density at radius 2 is 1.17 bits per heavy atom. The van der Waals surface area contributed by atoms with Gasteiger partial charge in [0.05, 0.1) is 19.5 Å². The molecular formula is C27H32O2P+. The Hall–Kier alpha value is -2.44. The van der Waals surface area contributed by atoms with Crippen molar-refractivity contribution in [3.63, 3.8) is 0 Å². The molecule has 3 aromatic rings. The summed E-state index contributed by atoms with van der Waals surface area (Å²) < 4.78 is 13.7. The van der Waals surface area contributed by atoms with Crippen LogP contribution in [0.3, 0.4) is 0 Å². The molecular weight excluding hydrogens is 387 g/mol. The van der Waals surface area contributed by atoms with Crippen molar-refractivity contribution in [1.82, 2.24) is 0 Å². The smallest absolute Gasteiger partial charge is 0.311 e. The second kappa shape index (κ2) is 10.0. The first-order valence-electron chi connectivity index (χ1n) is 11.1. The minimum absolute atomic E-state index is 0.317. The molecule has 0 radical (unpaired) electrons. The van der Waals surface area contributed by atoms with Crippen LogP contribution in [0.5, 0.6) is 0 Å². The summed E-state index contributed by atoms with van der Waals surface area (Å²) in [6, 6.07) is 32.2. The molecule has 30 heavy (non-hydrogen) atoms. The number of carbonyl (C=O) groups excluding carboxylic acids is 1. The van der Waals surface area contributed by atoms with Crippen molar-refractivity contribution in [3.05, 3.63) is 91.0 Å². The van der Waals surface area contributed by atoms with E-state index >= 15 is 0 Å². The van der Waals surface area contributed by atoms with Gasteiger partial charge in [0.2, 0.25) is 0 Å². The van der Waals surface area contributed by atoms with E-state index in [1.165, 1.54) is 15.9 Å². The third-order valence-electron chi connectivity index (χ3n) is 5.21. The molecule has 0 N–H and O–H groups in total. The van der Waals surface area contributed by atoms with Crippen LogP contribution in [0.4, 0.5) is 0 Å². The second-order valence-corrected chi connectivity index (χ2v) is 12.1. The van der Waals surface area contributed by atoms with Crippen LogP contribution in [0.1, 0.15) is 35.0 Å². The lowest BCUT2D eigenvalue weighted by Gasteiger charge is -2.27. The molecule has 0 spiro atoms. The minimum atomic E-state index is -1.90. The molecule has 156 valence electrons. The van der Waals surface area contributed by atoms with E-state index in [2.05, 4.69) is 91.0 Å². The van der Waals surface area contributed by atoms with Gasteiger partial charge in [-0.05, 0) is 70.0 Å². The fraction of sp³-hybridized carbons (Fsp3) is 0.296. The monoisotopic (exact) mass is 420 g/mol. The van der Waals surface area contributed by atoms with Gasteiger partial charge in [0.15, 0.2) is 0 Å². The Balaban J connectivity index is 1.92. The molecule has 0 bridgehead atoms. The van der Waals surface area contributed by atoms with E-state index in [4.69, 9.17) is 6.11 Å². The molecule has 0 heterocycles. The molecule has 0 aromatic heterocycles. The van der Waals surface area contributed by atoms with Crippen LogP contribution in [0.25, 0.3) is 0 Å². The number of rotatable bonds is 8. The molecule has 1 unspecified atom stereocenters. The average molecular weight is 421 g/mol. The zero-order valence-corrected chi connectivity index (χ0v) is 19.0. The number of hydrogen-bond donors (Lipinski definition) is 0. The number of benzene rings is 3. The lowest BCUT2D eigenvalue weighted by Crippen LogP contribution is -2.33. The molecule has 0 saturated carbocycles. The van der Waals surface area contributed by atoms with Crippen molar-refractivity contribution in [2.45, 2.75) is 33.6 Å². The number of ether oxygens (including phenoxy) is 1. The maximum atomic E-state index is 12.2. The van der Waals surface area contributed by atoms with Gasteiger partial charge in [-0.3, -0.25) is 4.79 Å². The van der Waals surface area contributed by atoms with Crippen molar-refractivity contribution in [1.29, 1.82) is 0 Å². The Morgan fingerprint density at radius 1 is 0.767 bits per heavy atom. The molecule has 3 aromatic carbocycles. The predicted octanol–water partition coefficient (Wildman–Crippen LogP) is 5.35.